The van der Waals surface area contributed by atoms with Crippen LogP contribution in [0.4, 0.5) is 0 Å². The highest BCUT2D eigenvalue weighted by Crippen LogP contribution is 2.52. The van der Waals surface area contributed by atoms with Gasteiger partial charge in [0, 0.05) is 24.6 Å². The van der Waals surface area contributed by atoms with E-state index in [4.69, 9.17) is 9.47 Å². The molecule has 0 spiro atoms. The van der Waals surface area contributed by atoms with Gasteiger partial charge in [-0.2, -0.15) is 0 Å². The van der Waals surface area contributed by atoms with Crippen LogP contribution in [-0.4, -0.2) is 48.5 Å². The summed E-state index contributed by atoms with van der Waals surface area (Å²) in [5.74, 6) is -1.00. The lowest BCUT2D eigenvalue weighted by molar-refractivity contribution is -0.178. The Balaban J connectivity index is 1.35. The first kappa shape index (κ1) is 30.0. The summed E-state index contributed by atoms with van der Waals surface area (Å²) < 4.78 is 12.0. The van der Waals surface area contributed by atoms with Crippen molar-refractivity contribution in [1.82, 2.24) is 10.2 Å². The van der Waals surface area contributed by atoms with Crippen LogP contribution in [0.5, 0.6) is 0 Å². The molecule has 42 heavy (non-hydrogen) atoms. The summed E-state index contributed by atoms with van der Waals surface area (Å²) in [5.41, 5.74) is 1.76. The van der Waals surface area contributed by atoms with Crippen molar-refractivity contribution in [3.05, 3.63) is 83.6 Å². The number of likely N-dealkylation sites (tertiary alicyclic amines) is 1. The van der Waals surface area contributed by atoms with E-state index in [9.17, 15) is 14.4 Å². The molecular formula is C35H44N2O5. The number of carbonyl (C=O) groups is 3. The molecule has 0 unspecified atom stereocenters. The Kier molecular flexibility index (Phi) is 9.78. The smallest absolute Gasteiger partial charge is 0.320 e. The number of nitrogens with zero attached hydrogens (tertiary/aromatic N) is 1. The van der Waals surface area contributed by atoms with Crippen LogP contribution < -0.4 is 5.32 Å². The van der Waals surface area contributed by atoms with E-state index in [1.165, 1.54) is 25.5 Å². The topological polar surface area (TPSA) is 84.9 Å². The summed E-state index contributed by atoms with van der Waals surface area (Å²) in [6.45, 7) is 2.80. The molecule has 0 aromatic heterocycles. The number of aryl methyl sites for hydroxylation is 1. The van der Waals surface area contributed by atoms with E-state index in [0.717, 1.165) is 37.7 Å². The molecule has 1 saturated carbocycles. The second-order valence-corrected chi connectivity index (χ2v) is 12.1. The molecule has 7 heteroatoms. The number of piperidine rings is 1. The van der Waals surface area contributed by atoms with Gasteiger partial charge >= 0.3 is 5.97 Å². The zero-order valence-electron chi connectivity index (χ0n) is 24.9. The molecule has 2 aliphatic heterocycles. The molecule has 0 radical (unpaired) electrons. The van der Waals surface area contributed by atoms with Crippen molar-refractivity contribution in [3.63, 3.8) is 0 Å². The monoisotopic (exact) mass is 572 g/mol. The summed E-state index contributed by atoms with van der Waals surface area (Å²) in [6.07, 6.45) is 8.85. The quantitative estimate of drug-likeness (QED) is 0.281. The standard InChI is InChI=1S/C35H44N2O5/c1-25-35(34(40)41-2)23-29(21-32(38)36-20-12-11-15-26-13-5-3-6-14-26)33(39)37(24-27-16-7-4-8-17-27)31(35)22-30(42-25)28-18-9-10-19-28/h3-8,13-14,16-17,22,25,28-30H,9-12,15,18-21,23-24H2,1-2H3,(H,36,38)/t25-,29-,30-,35+/m0/s1. The maximum atomic E-state index is 14.2. The molecule has 224 valence electrons. The predicted octanol–water partition coefficient (Wildman–Crippen LogP) is 5.59. The number of ether oxygens (including phenoxy) is 2. The largest absolute Gasteiger partial charge is 0.468 e. The fourth-order valence-corrected chi connectivity index (χ4v) is 7.10. The number of rotatable bonds is 11. The highest BCUT2D eigenvalue weighted by Gasteiger charge is 2.60. The van der Waals surface area contributed by atoms with Crippen LogP contribution in [0.2, 0.25) is 0 Å². The minimum Gasteiger partial charge on any atom is -0.468 e. The molecule has 2 fully saturated rings. The second kappa shape index (κ2) is 13.7. The molecule has 2 aromatic rings. The van der Waals surface area contributed by atoms with Gasteiger partial charge in [0.15, 0.2) is 0 Å². The number of unbranched alkanes of at least 4 members (excludes halogenated alkanes) is 1. The summed E-state index contributed by atoms with van der Waals surface area (Å²) in [5, 5.41) is 3.01. The van der Waals surface area contributed by atoms with Gasteiger partial charge in [0.05, 0.1) is 25.9 Å². The molecule has 5 rings (SSSR count). The number of hydrogen-bond acceptors (Lipinski definition) is 5. The number of carbonyl (C=O) groups excluding carboxylic acids is 3. The molecule has 7 nitrogen and oxygen atoms in total. The molecule has 1 saturated heterocycles. The van der Waals surface area contributed by atoms with Crippen LogP contribution in [0, 0.1) is 17.3 Å². The average molecular weight is 573 g/mol. The molecule has 2 amide bonds. The maximum absolute atomic E-state index is 14.2. The Labute approximate surface area is 249 Å². The van der Waals surface area contributed by atoms with E-state index < -0.39 is 23.4 Å². The number of hydrogen-bond donors (Lipinski definition) is 1. The molecule has 4 atom stereocenters. The van der Waals surface area contributed by atoms with Gasteiger partial charge in [0.1, 0.15) is 5.41 Å². The Morgan fingerprint density at radius 2 is 1.67 bits per heavy atom. The first-order chi connectivity index (χ1) is 20.4. The van der Waals surface area contributed by atoms with E-state index in [0.29, 0.717) is 24.7 Å². The van der Waals surface area contributed by atoms with Gasteiger partial charge < -0.3 is 19.7 Å². The van der Waals surface area contributed by atoms with Gasteiger partial charge in [-0.05, 0) is 68.6 Å². The van der Waals surface area contributed by atoms with Crippen LogP contribution in [0.3, 0.4) is 0 Å². The van der Waals surface area contributed by atoms with Crippen LogP contribution in [0.15, 0.2) is 72.4 Å². The first-order valence-corrected chi connectivity index (χ1v) is 15.5. The van der Waals surface area contributed by atoms with Crippen molar-refractivity contribution in [2.24, 2.45) is 17.3 Å². The van der Waals surface area contributed by atoms with Gasteiger partial charge in [-0.3, -0.25) is 14.4 Å². The third kappa shape index (κ3) is 6.46. The lowest BCUT2D eigenvalue weighted by atomic mass is 9.66. The predicted molar refractivity (Wildman–Crippen MR) is 161 cm³/mol. The van der Waals surface area contributed by atoms with E-state index >= 15 is 0 Å². The summed E-state index contributed by atoms with van der Waals surface area (Å²) >= 11 is 0. The first-order valence-electron chi connectivity index (χ1n) is 15.5. The maximum Gasteiger partial charge on any atom is 0.320 e. The van der Waals surface area contributed by atoms with E-state index in [1.807, 2.05) is 61.5 Å². The van der Waals surface area contributed by atoms with E-state index in [-0.39, 0.29) is 30.8 Å². The number of methoxy groups -OCH3 is 1. The second-order valence-electron chi connectivity index (χ2n) is 12.1. The Hall–Kier alpha value is -3.45. The van der Waals surface area contributed by atoms with Gasteiger partial charge in [-0.15, -0.1) is 0 Å². The van der Waals surface area contributed by atoms with Crippen LogP contribution in [0.1, 0.15) is 69.4 Å². The highest BCUT2D eigenvalue weighted by atomic mass is 16.5. The number of fused-ring (bicyclic) bond motifs is 1. The minimum atomic E-state index is -1.16. The Morgan fingerprint density at radius 3 is 2.33 bits per heavy atom. The van der Waals surface area contributed by atoms with Gasteiger partial charge in [-0.25, -0.2) is 0 Å². The van der Waals surface area contributed by atoms with Crippen LogP contribution >= 0.6 is 0 Å². The van der Waals surface area contributed by atoms with E-state index in [2.05, 4.69) is 17.4 Å². The molecular weight excluding hydrogens is 528 g/mol. The average Bonchev–Trinajstić information content (AvgIpc) is 3.55. The van der Waals surface area contributed by atoms with Gasteiger partial charge in [0.2, 0.25) is 11.8 Å². The van der Waals surface area contributed by atoms with E-state index in [1.54, 1.807) is 4.90 Å². The minimum absolute atomic E-state index is 0.0214. The van der Waals surface area contributed by atoms with Crippen LogP contribution in [-0.2, 0) is 36.8 Å². The normalized spacial score (nSPS) is 26.0. The van der Waals surface area contributed by atoms with Crippen molar-refractivity contribution in [3.8, 4) is 0 Å². The summed E-state index contributed by atoms with van der Waals surface area (Å²) in [4.78, 5) is 42.7. The molecule has 1 N–H and O–H groups in total. The third-order valence-electron chi connectivity index (χ3n) is 9.40. The molecule has 1 aliphatic carbocycles. The number of amides is 2. The summed E-state index contributed by atoms with van der Waals surface area (Å²) in [6, 6.07) is 20.1. The van der Waals surface area contributed by atoms with Gasteiger partial charge in [0.25, 0.3) is 0 Å². The molecule has 2 aromatic carbocycles. The Morgan fingerprint density at radius 1 is 1.00 bits per heavy atom. The summed E-state index contributed by atoms with van der Waals surface area (Å²) in [7, 11) is 1.39. The lowest BCUT2D eigenvalue weighted by Gasteiger charge is -2.52. The van der Waals surface area contributed by atoms with Crippen molar-refractivity contribution in [2.45, 2.75) is 83.5 Å². The lowest BCUT2D eigenvalue weighted by Crippen LogP contribution is -2.60. The molecule has 2 heterocycles. The third-order valence-corrected chi connectivity index (χ3v) is 9.40. The zero-order valence-corrected chi connectivity index (χ0v) is 24.9. The highest BCUT2D eigenvalue weighted by molar-refractivity contribution is 5.92. The number of benzene rings is 2. The van der Waals surface area contributed by atoms with Crippen molar-refractivity contribution >= 4 is 17.8 Å². The fraction of sp³-hybridized carbons (Fsp3) is 0.514. The SMILES string of the molecule is COC(=O)[C@@]12C[C@H](CC(=O)NCCCCc3ccccc3)C(=O)N(Cc3ccccc3)C1=C[C@@H](C1CCCC1)O[C@H]2C. The molecule has 3 aliphatic rings. The number of nitrogens with one attached hydrogen (secondary N) is 1. The fourth-order valence-electron chi connectivity index (χ4n) is 7.10. The van der Waals surface area contributed by atoms with Crippen LogP contribution in [0.25, 0.3) is 0 Å². The zero-order chi connectivity index (χ0) is 29.5. The number of esters is 1. The Bertz CT molecular complexity index is 1260. The molecule has 0 bridgehead atoms. The van der Waals surface area contributed by atoms with Crippen molar-refractivity contribution in [1.29, 1.82) is 0 Å². The van der Waals surface area contributed by atoms with Gasteiger partial charge in [-0.1, -0.05) is 73.5 Å². The van der Waals surface area contributed by atoms with Crippen molar-refractivity contribution < 1.29 is 23.9 Å². The van der Waals surface area contributed by atoms with Crippen molar-refractivity contribution in [2.75, 3.05) is 13.7 Å².